The van der Waals surface area contributed by atoms with Crippen molar-refractivity contribution in [2.45, 2.75) is 37.8 Å². The van der Waals surface area contributed by atoms with Gasteiger partial charge in [-0.25, -0.2) is 12.8 Å². The van der Waals surface area contributed by atoms with E-state index in [1.165, 1.54) is 40.4 Å². The topological polar surface area (TPSA) is 87.2 Å². The van der Waals surface area contributed by atoms with Crippen LogP contribution in [0.1, 0.15) is 31.9 Å². The molecule has 7 nitrogen and oxygen atoms in total. The van der Waals surface area contributed by atoms with Crippen LogP contribution in [0.15, 0.2) is 47.4 Å². The van der Waals surface area contributed by atoms with Gasteiger partial charge in [0, 0.05) is 38.0 Å². The van der Waals surface area contributed by atoms with E-state index in [9.17, 15) is 22.7 Å². The first-order valence-electron chi connectivity index (χ1n) is 11.0. The average Bonchev–Trinajstić information content (AvgIpc) is 2.80. The lowest BCUT2D eigenvalue weighted by molar-refractivity contribution is -0.129. The average molecular weight is 489 g/mol. The number of hydrogen-bond donors (Lipinski definition) is 1. The number of nitrogens with zero attached hydrogens (tertiary/aromatic N) is 2. The Morgan fingerprint density at radius 3 is 2.65 bits per heavy atom. The van der Waals surface area contributed by atoms with E-state index in [4.69, 9.17) is 4.74 Å². The van der Waals surface area contributed by atoms with Crippen molar-refractivity contribution in [3.63, 3.8) is 0 Å². The van der Waals surface area contributed by atoms with Crippen LogP contribution in [0.3, 0.4) is 0 Å². The van der Waals surface area contributed by atoms with E-state index in [-0.39, 0.29) is 47.7 Å². The van der Waals surface area contributed by atoms with E-state index in [0.717, 1.165) is 0 Å². The third-order valence-electron chi connectivity index (χ3n) is 5.87. The molecule has 1 aliphatic rings. The minimum absolute atomic E-state index is 0.0494. The lowest BCUT2D eigenvalue weighted by Crippen LogP contribution is -2.50. The standard InChI is InChI=1S/C25H29FN2O5S/c1-17-14-28(18(2)16-29)34(31,32)25-12-10-20(9-11-21-7-5-6-8-22(21)26)13-23(25)33-24(17)15-27(4)19(3)30/h5-8,10,12-13,17-18,24,29H,14-16H2,1-4H3/t17-,18-,24-/m1/s1. The molecule has 9 heteroatoms. The Morgan fingerprint density at radius 1 is 1.29 bits per heavy atom. The van der Waals surface area contributed by atoms with Crippen LogP contribution in [-0.4, -0.2) is 67.5 Å². The summed E-state index contributed by atoms with van der Waals surface area (Å²) in [7, 11) is -2.33. The molecule has 2 aromatic carbocycles. The minimum Gasteiger partial charge on any atom is -0.487 e. The molecule has 3 rings (SSSR count). The summed E-state index contributed by atoms with van der Waals surface area (Å²) >= 11 is 0. The molecule has 0 saturated heterocycles. The normalized spacial score (nSPS) is 20.5. The fourth-order valence-corrected chi connectivity index (χ4v) is 5.45. The first-order valence-corrected chi connectivity index (χ1v) is 12.4. The molecule has 0 spiro atoms. The van der Waals surface area contributed by atoms with Gasteiger partial charge in [0.1, 0.15) is 22.6 Å². The Kier molecular flexibility index (Phi) is 7.97. The van der Waals surface area contributed by atoms with Crippen LogP contribution in [0.2, 0.25) is 0 Å². The van der Waals surface area contributed by atoms with Gasteiger partial charge in [-0.3, -0.25) is 4.79 Å². The molecule has 182 valence electrons. The van der Waals surface area contributed by atoms with Gasteiger partial charge < -0.3 is 14.7 Å². The number of ether oxygens (including phenoxy) is 1. The number of halogens is 1. The summed E-state index contributed by atoms with van der Waals surface area (Å²) in [5.74, 6) is 4.85. The molecule has 0 fully saturated rings. The third kappa shape index (κ3) is 5.58. The molecule has 1 heterocycles. The number of amides is 1. The van der Waals surface area contributed by atoms with Gasteiger partial charge >= 0.3 is 0 Å². The highest BCUT2D eigenvalue weighted by atomic mass is 32.2. The number of rotatable bonds is 4. The number of sulfonamides is 1. The highest BCUT2D eigenvalue weighted by Crippen LogP contribution is 2.34. The van der Waals surface area contributed by atoms with E-state index >= 15 is 0 Å². The van der Waals surface area contributed by atoms with E-state index in [1.54, 1.807) is 32.2 Å². The van der Waals surface area contributed by atoms with E-state index in [2.05, 4.69) is 11.8 Å². The predicted molar refractivity (Wildman–Crippen MR) is 126 cm³/mol. The van der Waals surface area contributed by atoms with Crippen molar-refractivity contribution in [1.29, 1.82) is 0 Å². The maximum atomic E-state index is 13.9. The number of aliphatic hydroxyl groups is 1. The lowest BCUT2D eigenvalue weighted by Gasteiger charge is -2.37. The van der Waals surface area contributed by atoms with Crippen molar-refractivity contribution in [2.24, 2.45) is 5.92 Å². The Bertz CT molecular complexity index is 1220. The number of carbonyl (C=O) groups is 1. The van der Waals surface area contributed by atoms with Gasteiger partial charge in [-0.05, 0) is 37.3 Å². The van der Waals surface area contributed by atoms with Crippen LogP contribution in [0.4, 0.5) is 4.39 Å². The van der Waals surface area contributed by atoms with Gasteiger partial charge in [-0.15, -0.1) is 0 Å². The van der Waals surface area contributed by atoms with Crippen molar-refractivity contribution in [2.75, 3.05) is 26.7 Å². The van der Waals surface area contributed by atoms with Gasteiger partial charge in [0.15, 0.2) is 0 Å². The van der Waals surface area contributed by atoms with E-state index < -0.39 is 28.0 Å². The molecule has 0 aliphatic carbocycles. The molecule has 34 heavy (non-hydrogen) atoms. The molecule has 1 N–H and O–H groups in total. The van der Waals surface area contributed by atoms with E-state index in [1.807, 2.05) is 6.92 Å². The first kappa shape index (κ1) is 25.7. The largest absolute Gasteiger partial charge is 0.487 e. The molecule has 2 aromatic rings. The van der Waals surface area contributed by atoms with Gasteiger partial charge in [0.05, 0.1) is 18.7 Å². The van der Waals surface area contributed by atoms with Gasteiger partial charge in [0.25, 0.3) is 0 Å². The second kappa shape index (κ2) is 10.6. The SMILES string of the molecule is CC(=O)N(C)C[C@H]1Oc2cc(C#Cc3ccccc3F)ccc2S(=O)(=O)N([C@H](C)CO)C[C@H]1C. The van der Waals surface area contributed by atoms with Crippen LogP contribution >= 0.6 is 0 Å². The van der Waals surface area contributed by atoms with Gasteiger partial charge in [-0.1, -0.05) is 30.9 Å². The van der Waals surface area contributed by atoms with Gasteiger partial charge in [0.2, 0.25) is 15.9 Å². The number of benzene rings is 2. The molecule has 3 atom stereocenters. The predicted octanol–water partition coefficient (Wildman–Crippen LogP) is 2.47. The fourth-order valence-electron chi connectivity index (χ4n) is 3.62. The lowest BCUT2D eigenvalue weighted by atomic mass is 10.0. The highest BCUT2D eigenvalue weighted by molar-refractivity contribution is 7.89. The molecule has 1 aliphatic heterocycles. The summed E-state index contributed by atoms with van der Waals surface area (Å²) in [4.78, 5) is 13.3. The summed E-state index contributed by atoms with van der Waals surface area (Å²) in [6, 6.07) is 9.94. The third-order valence-corrected chi connectivity index (χ3v) is 7.89. The van der Waals surface area contributed by atoms with E-state index in [0.29, 0.717) is 5.56 Å². The number of likely N-dealkylation sites (N-methyl/N-ethyl adjacent to an activating group) is 1. The molecule has 0 radical (unpaired) electrons. The Labute approximate surface area is 200 Å². The zero-order chi connectivity index (χ0) is 25.0. The maximum Gasteiger partial charge on any atom is 0.247 e. The summed E-state index contributed by atoms with van der Waals surface area (Å²) in [5, 5.41) is 9.71. The molecular formula is C25H29FN2O5S. The van der Waals surface area contributed by atoms with Crippen LogP contribution in [0.5, 0.6) is 5.75 Å². The fraction of sp³-hybridized carbons (Fsp3) is 0.400. The van der Waals surface area contributed by atoms with Crippen LogP contribution < -0.4 is 4.74 Å². The Morgan fingerprint density at radius 2 is 2.00 bits per heavy atom. The van der Waals surface area contributed by atoms with Crippen molar-refractivity contribution in [1.82, 2.24) is 9.21 Å². The monoisotopic (exact) mass is 488 g/mol. The zero-order valence-electron chi connectivity index (χ0n) is 19.7. The summed E-state index contributed by atoms with van der Waals surface area (Å²) in [5.41, 5.74) is 0.672. The summed E-state index contributed by atoms with van der Waals surface area (Å²) < 4.78 is 48.3. The Hall–Kier alpha value is -2.93. The van der Waals surface area contributed by atoms with Crippen molar-refractivity contribution in [3.05, 3.63) is 59.4 Å². The number of carbonyl (C=O) groups excluding carboxylic acids is 1. The first-order chi connectivity index (χ1) is 16.0. The van der Waals surface area contributed by atoms with Crippen LogP contribution in [0, 0.1) is 23.6 Å². The smallest absolute Gasteiger partial charge is 0.247 e. The molecule has 0 saturated carbocycles. The zero-order valence-corrected chi connectivity index (χ0v) is 20.5. The number of hydrogen-bond acceptors (Lipinski definition) is 5. The molecule has 0 aromatic heterocycles. The highest BCUT2D eigenvalue weighted by Gasteiger charge is 2.38. The maximum absolute atomic E-state index is 13.9. The molecule has 1 amide bonds. The van der Waals surface area contributed by atoms with Crippen molar-refractivity contribution >= 4 is 15.9 Å². The van der Waals surface area contributed by atoms with Crippen LogP contribution in [-0.2, 0) is 14.8 Å². The van der Waals surface area contributed by atoms with Crippen LogP contribution in [0.25, 0.3) is 0 Å². The summed E-state index contributed by atoms with van der Waals surface area (Å²) in [6.45, 7) is 4.96. The second-order valence-corrected chi connectivity index (χ2v) is 10.4. The number of fused-ring (bicyclic) bond motifs is 1. The van der Waals surface area contributed by atoms with Crippen molar-refractivity contribution < 1.29 is 27.4 Å². The minimum atomic E-state index is -3.99. The molecule has 0 unspecified atom stereocenters. The number of aliphatic hydroxyl groups excluding tert-OH is 1. The molecular weight excluding hydrogens is 459 g/mol. The quantitative estimate of drug-likeness (QED) is 0.669. The summed E-state index contributed by atoms with van der Waals surface area (Å²) in [6.07, 6.45) is -0.508. The van der Waals surface area contributed by atoms with Crippen molar-refractivity contribution in [3.8, 4) is 17.6 Å². The molecule has 0 bridgehead atoms. The Balaban J connectivity index is 2.09. The second-order valence-electron chi connectivity index (χ2n) is 8.53. The van der Waals surface area contributed by atoms with Gasteiger partial charge in [-0.2, -0.15) is 4.31 Å².